The van der Waals surface area contributed by atoms with Crippen molar-refractivity contribution in [3.63, 3.8) is 0 Å². The standard InChI is InChI=1S/C22H35FO2/c1-13(12-24)18-4-5-19-16-10-20(23)17-11-21(2,25)8-6-15(17)14(16)7-9-22(18,19)3/h14-20,24-25H,1,4-12H2,2-3H3/t14-,15-,16-,17-,18-,19+,20-,21-,22-/m1/s1. The molecule has 2 N–H and O–H groups in total. The number of halogens is 1. The molecule has 0 amide bonds. The van der Waals surface area contributed by atoms with Gasteiger partial charge in [0.05, 0.1) is 12.2 Å². The Kier molecular flexibility index (Phi) is 4.35. The normalized spacial score (nSPS) is 55.2. The summed E-state index contributed by atoms with van der Waals surface area (Å²) in [7, 11) is 0. The highest BCUT2D eigenvalue weighted by Crippen LogP contribution is 2.65. The zero-order valence-corrected chi connectivity index (χ0v) is 15.9. The molecule has 4 aliphatic carbocycles. The van der Waals surface area contributed by atoms with Crippen molar-refractivity contribution in [2.24, 2.45) is 40.9 Å². The molecule has 25 heavy (non-hydrogen) atoms. The predicted octanol–water partition coefficient (Wildman–Crippen LogP) is 4.50. The number of aliphatic hydroxyl groups is 2. The van der Waals surface area contributed by atoms with E-state index in [1.54, 1.807) is 0 Å². The number of hydrogen-bond acceptors (Lipinski definition) is 2. The molecule has 0 radical (unpaired) electrons. The van der Waals surface area contributed by atoms with Crippen LogP contribution in [0.5, 0.6) is 0 Å². The Labute approximate surface area is 151 Å². The van der Waals surface area contributed by atoms with Gasteiger partial charge >= 0.3 is 0 Å². The fourth-order valence-corrected chi connectivity index (χ4v) is 7.78. The van der Waals surface area contributed by atoms with Crippen LogP contribution in [0.4, 0.5) is 4.39 Å². The molecule has 0 unspecified atom stereocenters. The lowest BCUT2D eigenvalue weighted by Crippen LogP contribution is -2.54. The third-order valence-corrected chi connectivity index (χ3v) is 8.94. The van der Waals surface area contributed by atoms with Gasteiger partial charge in [0.25, 0.3) is 0 Å². The number of aliphatic hydroxyl groups excluding tert-OH is 1. The second kappa shape index (κ2) is 6.05. The van der Waals surface area contributed by atoms with Crippen molar-refractivity contribution < 1.29 is 14.6 Å². The lowest BCUT2D eigenvalue weighted by atomic mass is 9.48. The fraction of sp³-hybridized carbons (Fsp3) is 0.909. The van der Waals surface area contributed by atoms with Crippen molar-refractivity contribution >= 4 is 0 Å². The summed E-state index contributed by atoms with van der Waals surface area (Å²) in [6, 6.07) is 0. The van der Waals surface area contributed by atoms with Crippen LogP contribution < -0.4 is 0 Å². The Hall–Kier alpha value is -0.410. The molecule has 2 nitrogen and oxygen atoms in total. The van der Waals surface area contributed by atoms with Gasteiger partial charge in [-0.1, -0.05) is 13.5 Å². The fourth-order valence-electron chi connectivity index (χ4n) is 7.78. The largest absolute Gasteiger partial charge is 0.392 e. The Morgan fingerprint density at radius 3 is 2.44 bits per heavy atom. The molecule has 4 saturated carbocycles. The third-order valence-electron chi connectivity index (χ3n) is 8.94. The van der Waals surface area contributed by atoms with E-state index in [0.717, 1.165) is 24.8 Å². The minimum atomic E-state index is -0.750. The maximum Gasteiger partial charge on any atom is 0.104 e. The van der Waals surface area contributed by atoms with Gasteiger partial charge < -0.3 is 10.2 Å². The summed E-state index contributed by atoms with van der Waals surface area (Å²) in [5, 5.41) is 20.0. The van der Waals surface area contributed by atoms with Crippen LogP contribution in [0.25, 0.3) is 0 Å². The molecule has 9 atom stereocenters. The molecular weight excluding hydrogens is 315 g/mol. The monoisotopic (exact) mass is 350 g/mol. The smallest absolute Gasteiger partial charge is 0.104 e. The summed E-state index contributed by atoms with van der Waals surface area (Å²) >= 11 is 0. The molecule has 3 heteroatoms. The van der Waals surface area contributed by atoms with Crippen LogP contribution in [0.1, 0.15) is 65.2 Å². The Morgan fingerprint density at radius 2 is 1.72 bits per heavy atom. The van der Waals surface area contributed by atoms with Crippen molar-refractivity contribution in [3.05, 3.63) is 12.2 Å². The first kappa shape index (κ1) is 18.0. The minimum Gasteiger partial charge on any atom is -0.392 e. The van der Waals surface area contributed by atoms with Crippen LogP contribution in [0.3, 0.4) is 0 Å². The van der Waals surface area contributed by atoms with Crippen molar-refractivity contribution in [3.8, 4) is 0 Å². The lowest BCUT2D eigenvalue weighted by Gasteiger charge is -2.57. The first-order chi connectivity index (χ1) is 11.8. The van der Waals surface area contributed by atoms with Gasteiger partial charge in [0.2, 0.25) is 0 Å². The van der Waals surface area contributed by atoms with Gasteiger partial charge in [-0.05, 0) is 105 Å². The van der Waals surface area contributed by atoms with Crippen molar-refractivity contribution in [1.82, 2.24) is 0 Å². The van der Waals surface area contributed by atoms with Crippen molar-refractivity contribution in [2.75, 3.05) is 6.61 Å². The Morgan fingerprint density at radius 1 is 1.04 bits per heavy atom. The van der Waals surface area contributed by atoms with E-state index in [1.165, 1.54) is 19.3 Å². The maximum atomic E-state index is 15.2. The minimum absolute atomic E-state index is 0.0685. The van der Waals surface area contributed by atoms with E-state index in [4.69, 9.17) is 0 Å². The summed E-state index contributed by atoms with van der Waals surface area (Å²) in [4.78, 5) is 0. The van der Waals surface area contributed by atoms with Crippen LogP contribution in [0, 0.1) is 40.9 Å². The summed E-state index contributed by atoms with van der Waals surface area (Å²) < 4.78 is 15.2. The topological polar surface area (TPSA) is 40.5 Å². The van der Waals surface area contributed by atoms with Gasteiger partial charge in [0, 0.05) is 0 Å². The second-order valence-electron chi connectivity index (χ2n) is 10.2. The third kappa shape index (κ3) is 2.72. The molecule has 0 saturated heterocycles. The van der Waals surface area contributed by atoms with Gasteiger partial charge in [-0.2, -0.15) is 0 Å². The van der Waals surface area contributed by atoms with E-state index in [1.807, 2.05) is 6.92 Å². The van der Waals surface area contributed by atoms with Crippen LogP contribution in [0.15, 0.2) is 12.2 Å². The number of hydrogen-bond donors (Lipinski definition) is 2. The molecule has 0 aromatic rings. The molecule has 0 aliphatic heterocycles. The van der Waals surface area contributed by atoms with Gasteiger partial charge in [0.15, 0.2) is 0 Å². The molecule has 4 rings (SSSR count). The predicted molar refractivity (Wildman–Crippen MR) is 97.7 cm³/mol. The quantitative estimate of drug-likeness (QED) is 0.720. The van der Waals surface area contributed by atoms with E-state index in [0.29, 0.717) is 42.4 Å². The highest BCUT2D eigenvalue weighted by Gasteiger charge is 2.59. The van der Waals surface area contributed by atoms with E-state index in [-0.39, 0.29) is 17.9 Å². The Bertz CT molecular complexity index is 544. The van der Waals surface area contributed by atoms with Gasteiger partial charge in [0.1, 0.15) is 6.17 Å². The molecule has 0 heterocycles. The van der Waals surface area contributed by atoms with Crippen molar-refractivity contribution in [1.29, 1.82) is 0 Å². The highest BCUT2D eigenvalue weighted by atomic mass is 19.1. The van der Waals surface area contributed by atoms with Gasteiger partial charge in [-0.3, -0.25) is 0 Å². The summed E-state index contributed by atoms with van der Waals surface area (Å²) in [5.74, 6) is 2.67. The number of fused-ring (bicyclic) bond motifs is 5. The van der Waals surface area contributed by atoms with E-state index in [9.17, 15) is 10.2 Å². The maximum absolute atomic E-state index is 15.2. The first-order valence-electron chi connectivity index (χ1n) is 10.4. The first-order valence-corrected chi connectivity index (χ1v) is 10.4. The number of rotatable bonds is 2. The van der Waals surface area contributed by atoms with Crippen LogP contribution in [0.2, 0.25) is 0 Å². The van der Waals surface area contributed by atoms with Crippen LogP contribution in [-0.4, -0.2) is 28.6 Å². The molecule has 4 aliphatic rings. The lowest BCUT2D eigenvalue weighted by molar-refractivity contribution is -0.125. The van der Waals surface area contributed by atoms with E-state index < -0.39 is 11.8 Å². The Balaban J connectivity index is 1.58. The summed E-state index contributed by atoms with van der Waals surface area (Å²) in [6.07, 6.45) is 7.09. The average Bonchev–Trinajstić information content (AvgIpc) is 2.91. The number of alkyl halides is 1. The van der Waals surface area contributed by atoms with Crippen LogP contribution in [-0.2, 0) is 0 Å². The van der Waals surface area contributed by atoms with E-state index >= 15 is 4.39 Å². The zero-order valence-electron chi connectivity index (χ0n) is 15.9. The SMILES string of the molecule is C=C(CO)[C@H]1CC[C@H]2[C@@H]3C[C@@H](F)[C@@H]4C[C@](C)(O)CC[C@@H]4[C@H]3CC[C@]12C. The second-order valence-corrected chi connectivity index (χ2v) is 10.2. The molecule has 0 spiro atoms. The summed E-state index contributed by atoms with van der Waals surface area (Å²) in [6.45, 7) is 8.51. The average molecular weight is 351 g/mol. The van der Waals surface area contributed by atoms with Crippen LogP contribution >= 0.6 is 0 Å². The molecule has 142 valence electrons. The molecule has 4 fully saturated rings. The zero-order chi connectivity index (χ0) is 18.0. The molecular formula is C22H35FO2. The molecule has 0 bridgehead atoms. The molecule has 0 aromatic carbocycles. The van der Waals surface area contributed by atoms with Gasteiger partial charge in [-0.15, -0.1) is 0 Å². The highest BCUT2D eigenvalue weighted by molar-refractivity contribution is 5.16. The van der Waals surface area contributed by atoms with Crippen molar-refractivity contribution in [2.45, 2.75) is 77.0 Å². The molecule has 0 aromatic heterocycles. The van der Waals surface area contributed by atoms with E-state index in [2.05, 4.69) is 13.5 Å². The summed E-state index contributed by atoms with van der Waals surface area (Å²) in [5.41, 5.74) is 0.523. The van der Waals surface area contributed by atoms with Gasteiger partial charge in [-0.25, -0.2) is 4.39 Å².